The summed E-state index contributed by atoms with van der Waals surface area (Å²) in [6.07, 6.45) is 2.19. The van der Waals surface area contributed by atoms with Gasteiger partial charge in [0.2, 0.25) is 0 Å². The quantitative estimate of drug-likeness (QED) is 0.824. The molecule has 6 heteroatoms. The summed E-state index contributed by atoms with van der Waals surface area (Å²) in [4.78, 5) is 0. The van der Waals surface area contributed by atoms with Crippen molar-refractivity contribution in [2.75, 3.05) is 13.2 Å². The fourth-order valence-electron chi connectivity index (χ4n) is 3.18. The Hall–Kier alpha value is -2.21. The van der Waals surface area contributed by atoms with Crippen molar-refractivity contribution < 1.29 is 22.6 Å². The van der Waals surface area contributed by atoms with Crippen LogP contribution in [0, 0.1) is 23.4 Å². The van der Waals surface area contributed by atoms with E-state index in [9.17, 15) is 13.2 Å². The molecule has 0 bridgehead atoms. The van der Waals surface area contributed by atoms with Gasteiger partial charge in [-0.05, 0) is 54.2 Å². The van der Waals surface area contributed by atoms with Crippen molar-refractivity contribution in [3.63, 3.8) is 0 Å². The Morgan fingerprint density at radius 2 is 1.64 bits per heavy atom. The van der Waals surface area contributed by atoms with Crippen LogP contribution >= 0.6 is 0 Å². The molecular formula is C19H18F3NO2. The van der Waals surface area contributed by atoms with Gasteiger partial charge in [-0.25, -0.2) is 13.2 Å². The van der Waals surface area contributed by atoms with Gasteiger partial charge in [0, 0.05) is 12.6 Å². The molecule has 1 N–H and O–H groups in total. The van der Waals surface area contributed by atoms with E-state index in [0.717, 1.165) is 42.0 Å². The van der Waals surface area contributed by atoms with Gasteiger partial charge >= 0.3 is 0 Å². The Kier molecular flexibility index (Phi) is 4.29. The number of ether oxygens (including phenoxy) is 2. The van der Waals surface area contributed by atoms with Gasteiger partial charge in [-0.1, -0.05) is 6.07 Å². The Bertz CT molecular complexity index is 769. The number of halogens is 3. The van der Waals surface area contributed by atoms with Gasteiger partial charge in [-0.3, -0.25) is 0 Å². The van der Waals surface area contributed by atoms with Crippen LogP contribution in [0.25, 0.3) is 0 Å². The van der Waals surface area contributed by atoms with E-state index < -0.39 is 17.5 Å². The summed E-state index contributed by atoms with van der Waals surface area (Å²) in [6, 6.07) is 7.93. The van der Waals surface area contributed by atoms with Crippen molar-refractivity contribution in [2.24, 2.45) is 5.92 Å². The number of rotatable bonds is 5. The molecule has 0 saturated heterocycles. The predicted octanol–water partition coefficient (Wildman–Crippen LogP) is 4.12. The van der Waals surface area contributed by atoms with Crippen LogP contribution in [0.5, 0.6) is 11.5 Å². The summed E-state index contributed by atoms with van der Waals surface area (Å²) in [5.41, 5.74) is 1.43. The highest BCUT2D eigenvalue weighted by Crippen LogP contribution is 2.43. The lowest BCUT2D eigenvalue weighted by Gasteiger charge is -2.23. The smallest absolute Gasteiger partial charge is 0.194 e. The fourth-order valence-corrected chi connectivity index (χ4v) is 3.18. The molecule has 1 aliphatic carbocycles. The van der Waals surface area contributed by atoms with Crippen molar-refractivity contribution >= 4 is 0 Å². The molecule has 3 nitrogen and oxygen atoms in total. The first kappa shape index (κ1) is 16.3. The standard InChI is InChI=1S/C19H18F3NO2/c20-14-7-11(8-15(21)18(14)22)10-23-19(12-1-2-12)13-3-4-16-17(9-13)25-6-5-24-16/h3-4,7-9,12,19,23H,1-2,5-6,10H2. The maximum Gasteiger partial charge on any atom is 0.194 e. The summed E-state index contributed by atoms with van der Waals surface area (Å²) in [5.74, 6) is -1.85. The Morgan fingerprint density at radius 3 is 2.32 bits per heavy atom. The van der Waals surface area contributed by atoms with Gasteiger partial charge in [-0.15, -0.1) is 0 Å². The van der Waals surface area contributed by atoms with Crippen LogP contribution in [0.4, 0.5) is 13.2 Å². The van der Waals surface area contributed by atoms with Crippen LogP contribution < -0.4 is 14.8 Å². The Balaban J connectivity index is 1.52. The van der Waals surface area contributed by atoms with Gasteiger partial charge in [0.1, 0.15) is 13.2 Å². The molecular weight excluding hydrogens is 331 g/mol. The van der Waals surface area contributed by atoms with Crippen molar-refractivity contribution in [3.8, 4) is 11.5 Å². The second-order valence-electron chi connectivity index (χ2n) is 6.47. The van der Waals surface area contributed by atoms with Gasteiger partial charge in [0.05, 0.1) is 0 Å². The van der Waals surface area contributed by atoms with Crippen molar-refractivity contribution in [1.29, 1.82) is 0 Å². The highest BCUT2D eigenvalue weighted by Gasteiger charge is 2.32. The van der Waals surface area contributed by atoms with Crippen LogP contribution in [0.2, 0.25) is 0 Å². The first-order valence-corrected chi connectivity index (χ1v) is 8.38. The van der Waals surface area contributed by atoms with Crippen LogP contribution in [-0.4, -0.2) is 13.2 Å². The number of fused-ring (bicyclic) bond motifs is 1. The maximum absolute atomic E-state index is 13.4. The first-order valence-electron chi connectivity index (χ1n) is 8.38. The maximum atomic E-state index is 13.4. The summed E-state index contributed by atoms with van der Waals surface area (Å²) in [5, 5.41) is 3.34. The molecule has 2 aromatic rings. The first-order chi connectivity index (χ1) is 12.1. The van der Waals surface area contributed by atoms with Crippen LogP contribution in [-0.2, 0) is 6.54 Å². The molecule has 1 aliphatic heterocycles. The van der Waals surface area contributed by atoms with Crippen LogP contribution in [0.3, 0.4) is 0 Å². The van der Waals surface area contributed by atoms with Gasteiger partial charge in [0.15, 0.2) is 29.0 Å². The zero-order valence-corrected chi connectivity index (χ0v) is 13.5. The molecule has 4 rings (SSSR count). The molecule has 132 valence electrons. The average molecular weight is 349 g/mol. The molecule has 0 aromatic heterocycles. The molecule has 1 unspecified atom stereocenters. The molecule has 1 atom stereocenters. The SMILES string of the molecule is Fc1cc(CNC(c2ccc3c(c2)OCCO3)C2CC2)cc(F)c1F. The summed E-state index contributed by atoms with van der Waals surface area (Å²) >= 11 is 0. The van der Waals surface area contributed by atoms with Crippen LogP contribution in [0.1, 0.15) is 30.0 Å². The molecule has 1 saturated carbocycles. The summed E-state index contributed by atoms with van der Waals surface area (Å²) in [7, 11) is 0. The second-order valence-corrected chi connectivity index (χ2v) is 6.47. The highest BCUT2D eigenvalue weighted by atomic mass is 19.2. The lowest BCUT2D eigenvalue weighted by Crippen LogP contribution is -2.23. The van der Waals surface area contributed by atoms with Crippen molar-refractivity contribution in [1.82, 2.24) is 5.32 Å². The van der Waals surface area contributed by atoms with Gasteiger partial charge in [0.25, 0.3) is 0 Å². The van der Waals surface area contributed by atoms with E-state index in [1.807, 2.05) is 18.2 Å². The Morgan fingerprint density at radius 1 is 0.960 bits per heavy atom. The average Bonchev–Trinajstić information content (AvgIpc) is 3.44. The predicted molar refractivity (Wildman–Crippen MR) is 86.1 cm³/mol. The molecule has 0 radical (unpaired) electrons. The number of hydrogen-bond acceptors (Lipinski definition) is 3. The van der Waals surface area contributed by atoms with Crippen molar-refractivity contribution in [2.45, 2.75) is 25.4 Å². The van der Waals surface area contributed by atoms with E-state index >= 15 is 0 Å². The third-order valence-electron chi connectivity index (χ3n) is 4.59. The normalized spacial score (nSPS) is 17.4. The van der Waals surface area contributed by atoms with Crippen LogP contribution in [0.15, 0.2) is 30.3 Å². The van der Waals surface area contributed by atoms with E-state index in [1.165, 1.54) is 0 Å². The topological polar surface area (TPSA) is 30.5 Å². The largest absolute Gasteiger partial charge is 0.486 e. The minimum Gasteiger partial charge on any atom is -0.486 e. The third-order valence-corrected chi connectivity index (χ3v) is 4.59. The van der Waals surface area contributed by atoms with E-state index in [1.54, 1.807) is 0 Å². The Labute approximate surface area is 143 Å². The highest BCUT2D eigenvalue weighted by molar-refractivity contribution is 5.45. The fraction of sp³-hybridized carbons (Fsp3) is 0.368. The minimum atomic E-state index is -1.44. The zero-order valence-electron chi connectivity index (χ0n) is 13.5. The molecule has 2 aromatic carbocycles. The molecule has 1 fully saturated rings. The van der Waals surface area contributed by atoms with Gasteiger partial charge in [-0.2, -0.15) is 0 Å². The van der Waals surface area contributed by atoms with E-state index in [4.69, 9.17) is 9.47 Å². The number of benzene rings is 2. The number of nitrogens with one attached hydrogen (secondary N) is 1. The monoisotopic (exact) mass is 349 g/mol. The molecule has 0 amide bonds. The lowest BCUT2D eigenvalue weighted by atomic mass is 10.0. The second kappa shape index (κ2) is 6.59. The number of hydrogen-bond donors (Lipinski definition) is 1. The molecule has 0 spiro atoms. The van der Waals surface area contributed by atoms with E-state index in [-0.39, 0.29) is 12.6 Å². The molecule has 2 aliphatic rings. The molecule has 25 heavy (non-hydrogen) atoms. The molecule has 1 heterocycles. The summed E-state index contributed by atoms with van der Waals surface area (Å²) in [6.45, 7) is 1.31. The van der Waals surface area contributed by atoms with E-state index in [0.29, 0.717) is 24.7 Å². The van der Waals surface area contributed by atoms with Crippen molar-refractivity contribution in [3.05, 3.63) is 58.9 Å². The summed E-state index contributed by atoms with van der Waals surface area (Å²) < 4.78 is 51.0. The third kappa shape index (κ3) is 3.44. The zero-order chi connectivity index (χ0) is 17.4. The lowest BCUT2D eigenvalue weighted by molar-refractivity contribution is 0.171. The van der Waals surface area contributed by atoms with E-state index in [2.05, 4.69) is 5.32 Å². The minimum absolute atomic E-state index is 0.0482. The van der Waals surface area contributed by atoms with Gasteiger partial charge < -0.3 is 14.8 Å².